The molecule has 110 valence electrons. The topological polar surface area (TPSA) is 66.8 Å². The van der Waals surface area contributed by atoms with Crippen LogP contribution in [0.3, 0.4) is 0 Å². The Hall–Kier alpha value is -1.88. The molecule has 1 N–H and O–H groups in total. The van der Waals surface area contributed by atoms with Crippen LogP contribution in [0.25, 0.3) is 0 Å². The molecule has 0 fully saturated rings. The van der Waals surface area contributed by atoms with Gasteiger partial charge in [0.1, 0.15) is 0 Å². The molecular weight excluding hydrogens is 258 g/mol. The van der Waals surface area contributed by atoms with Gasteiger partial charge in [0.15, 0.2) is 0 Å². The normalized spacial score (nSPS) is 11.9. The lowest BCUT2D eigenvalue weighted by atomic mass is 10.1. The summed E-state index contributed by atoms with van der Waals surface area (Å²) < 4.78 is 5.09. The first-order chi connectivity index (χ1) is 9.51. The van der Waals surface area contributed by atoms with Crippen LogP contribution in [-0.4, -0.2) is 41.6 Å². The van der Waals surface area contributed by atoms with Crippen molar-refractivity contribution >= 4 is 11.9 Å². The van der Waals surface area contributed by atoms with Gasteiger partial charge < -0.3 is 14.7 Å². The van der Waals surface area contributed by atoms with Crippen LogP contribution in [0.2, 0.25) is 0 Å². The Bertz CT molecular complexity index is 473. The van der Waals surface area contributed by atoms with E-state index < -0.39 is 5.97 Å². The molecule has 0 radical (unpaired) electrons. The van der Waals surface area contributed by atoms with Crippen molar-refractivity contribution in [3.8, 4) is 0 Å². The average molecular weight is 279 g/mol. The van der Waals surface area contributed by atoms with Crippen LogP contribution in [0.15, 0.2) is 24.3 Å². The fraction of sp³-hybridized carbons (Fsp3) is 0.467. The van der Waals surface area contributed by atoms with Gasteiger partial charge in [0.25, 0.3) is 5.91 Å². The number of carboxylic acids is 1. The van der Waals surface area contributed by atoms with Crippen molar-refractivity contribution in [3.63, 3.8) is 0 Å². The summed E-state index contributed by atoms with van der Waals surface area (Å²) in [5.74, 6) is -1.07. The van der Waals surface area contributed by atoms with Gasteiger partial charge in [-0.2, -0.15) is 0 Å². The van der Waals surface area contributed by atoms with E-state index in [4.69, 9.17) is 9.84 Å². The smallest absolute Gasteiger partial charge is 0.305 e. The molecule has 1 rings (SSSR count). The number of amides is 1. The van der Waals surface area contributed by atoms with Crippen molar-refractivity contribution < 1.29 is 19.4 Å². The number of carboxylic acid groups (broad SMARTS) is 1. The van der Waals surface area contributed by atoms with E-state index in [1.807, 2.05) is 19.1 Å². The van der Waals surface area contributed by atoms with Crippen LogP contribution in [0.1, 0.15) is 36.2 Å². The molecule has 1 aromatic carbocycles. The standard InChI is InChI=1S/C15H21NO4/c1-4-16(11(2)9-14(17)18)15(19)13-8-6-5-7-12(13)10-20-3/h5-8,11H,4,9-10H2,1-3H3,(H,17,18). The number of aliphatic carboxylic acids is 1. The molecule has 1 atom stereocenters. The highest BCUT2D eigenvalue weighted by Crippen LogP contribution is 2.16. The zero-order valence-corrected chi connectivity index (χ0v) is 12.1. The quantitative estimate of drug-likeness (QED) is 0.830. The monoisotopic (exact) mass is 279 g/mol. The maximum Gasteiger partial charge on any atom is 0.305 e. The molecule has 1 unspecified atom stereocenters. The summed E-state index contributed by atoms with van der Waals surface area (Å²) in [6.45, 7) is 4.41. The van der Waals surface area contributed by atoms with Crippen molar-refractivity contribution in [3.05, 3.63) is 35.4 Å². The Morgan fingerprint density at radius 1 is 1.35 bits per heavy atom. The van der Waals surface area contributed by atoms with E-state index in [1.165, 1.54) is 0 Å². The third kappa shape index (κ3) is 4.06. The molecule has 0 heterocycles. The molecular formula is C15H21NO4. The third-order valence-electron chi connectivity index (χ3n) is 3.15. The number of hydrogen-bond donors (Lipinski definition) is 1. The number of carbonyl (C=O) groups excluding carboxylic acids is 1. The number of hydrogen-bond acceptors (Lipinski definition) is 3. The molecule has 0 aromatic heterocycles. The van der Waals surface area contributed by atoms with Crippen LogP contribution in [0, 0.1) is 0 Å². The predicted molar refractivity (Wildman–Crippen MR) is 75.6 cm³/mol. The third-order valence-corrected chi connectivity index (χ3v) is 3.15. The first kappa shape index (κ1) is 16.2. The maximum absolute atomic E-state index is 12.6. The summed E-state index contributed by atoms with van der Waals surface area (Å²) in [7, 11) is 1.58. The number of benzene rings is 1. The summed E-state index contributed by atoms with van der Waals surface area (Å²) in [6.07, 6.45) is -0.0635. The van der Waals surface area contributed by atoms with Gasteiger partial charge in [-0.25, -0.2) is 0 Å². The van der Waals surface area contributed by atoms with Gasteiger partial charge in [-0.05, 0) is 25.5 Å². The summed E-state index contributed by atoms with van der Waals surface area (Å²) in [6, 6.07) is 6.88. The molecule has 0 spiro atoms. The number of methoxy groups -OCH3 is 1. The fourth-order valence-electron chi connectivity index (χ4n) is 2.18. The van der Waals surface area contributed by atoms with Crippen LogP contribution < -0.4 is 0 Å². The lowest BCUT2D eigenvalue weighted by Crippen LogP contribution is -2.40. The molecule has 0 saturated heterocycles. The Balaban J connectivity index is 2.99. The van der Waals surface area contributed by atoms with Crippen molar-refractivity contribution in [1.29, 1.82) is 0 Å². The Morgan fingerprint density at radius 2 is 2.00 bits per heavy atom. The largest absolute Gasteiger partial charge is 0.481 e. The van der Waals surface area contributed by atoms with E-state index in [0.29, 0.717) is 18.7 Å². The average Bonchev–Trinajstić information content (AvgIpc) is 2.39. The second kappa shape index (κ2) is 7.65. The van der Waals surface area contributed by atoms with Gasteiger partial charge in [0.05, 0.1) is 13.0 Å². The molecule has 5 heteroatoms. The Morgan fingerprint density at radius 3 is 2.55 bits per heavy atom. The van der Waals surface area contributed by atoms with E-state index in [1.54, 1.807) is 31.1 Å². The summed E-state index contributed by atoms with van der Waals surface area (Å²) >= 11 is 0. The minimum atomic E-state index is -0.908. The zero-order valence-electron chi connectivity index (χ0n) is 12.1. The lowest BCUT2D eigenvalue weighted by molar-refractivity contribution is -0.138. The molecule has 0 aliphatic heterocycles. The highest BCUT2D eigenvalue weighted by molar-refractivity contribution is 5.96. The zero-order chi connectivity index (χ0) is 15.1. The van der Waals surface area contributed by atoms with Gasteiger partial charge in [-0.15, -0.1) is 0 Å². The molecule has 20 heavy (non-hydrogen) atoms. The molecule has 1 aromatic rings. The predicted octanol–water partition coefficient (Wildman–Crippen LogP) is 2.16. The number of nitrogens with zero attached hydrogens (tertiary/aromatic N) is 1. The van der Waals surface area contributed by atoms with Crippen molar-refractivity contribution in [2.75, 3.05) is 13.7 Å². The van der Waals surface area contributed by atoms with E-state index >= 15 is 0 Å². The SMILES string of the molecule is CCN(C(=O)c1ccccc1COC)C(C)CC(=O)O. The van der Waals surface area contributed by atoms with Crippen LogP contribution in [0.5, 0.6) is 0 Å². The van der Waals surface area contributed by atoms with Gasteiger partial charge in [0.2, 0.25) is 0 Å². The van der Waals surface area contributed by atoms with Crippen molar-refractivity contribution in [2.45, 2.75) is 32.9 Å². The first-order valence-corrected chi connectivity index (χ1v) is 6.60. The molecule has 5 nitrogen and oxygen atoms in total. The number of carbonyl (C=O) groups is 2. The van der Waals surface area contributed by atoms with Gasteiger partial charge in [-0.3, -0.25) is 9.59 Å². The Kier molecular flexibility index (Phi) is 6.18. The fourth-order valence-corrected chi connectivity index (χ4v) is 2.18. The summed E-state index contributed by atoms with van der Waals surface area (Å²) in [5.41, 5.74) is 1.37. The minimum absolute atomic E-state index is 0.0635. The highest BCUT2D eigenvalue weighted by Gasteiger charge is 2.23. The molecule has 0 saturated carbocycles. The van der Waals surface area contributed by atoms with E-state index in [0.717, 1.165) is 5.56 Å². The van der Waals surface area contributed by atoms with Gasteiger partial charge in [0, 0.05) is 25.3 Å². The summed E-state index contributed by atoms with van der Waals surface area (Å²) in [4.78, 5) is 24.9. The van der Waals surface area contributed by atoms with Gasteiger partial charge >= 0.3 is 5.97 Å². The first-order valence-electron chi connectivity index (χ1n) is 6.60. The molecule has 1 amide bonds. The van der Waals surface area contributed by atoms with E-state index in [2.05, 4.69) is 0 Å². The van der Waals surface area contributed by atoms with Gasteiger partial charge in [-0.1, -0.05) is 18.2 Å². The highest BCUT2D eigenvalue weighted by atomic mass is 16.5. The molecule has 0 aliphatic rings. The Labute approximate surface area is 119 Å². The van der Waals surface area contributed by atoms with Crippen LogP contribution in [-0.2, 0) is 16.1 Å². The van der Waals surface area contributed by atoms with Crippen molar-refractivity contribution in [2.24, 2.45) is 0 Å². The van der Waals surface area contributed by atoms with Crippen molar-refractivity contribution in [1.82, 2.24) is 4.90 Å². The van der Waals surface area contributed by atoms with E-state index in [-0.39, 0.29) is 18.4 Å². The van der Waals surface area contributed by atoms with E-state index in [9.17, 15) is 9.59 Å². The minimum Gasteiger partial charge on any atom is -0.481 e. The van der Waals surface area contributed by atoms with Crippen LogP contribution >= 0.6 is 0 Å². The molecule has 0 bridgehead atoms. The maximum atomic E-state index is 12.6. The second-order valence-electron chi connectivity index (χ2n) is 4.63. The summed E-state index contributed by atoms with van der Waals surface area (Å²) in [5, 5.41) is 8.86. The number of ether oxygens (including phenoxy) is 1. The second-order valence-corrected chi connectivity index (χ2v) is 4.63. The number of rotatable bonds is 7. The van der Waals surface area contributed by atoms with Crippen LogP contribution in [0.4, 0.5) is 0 Å². The molecule has 0 aliphatic carbocycles. The lowest BCUT2D eigenvalue weighted by Gasteiger charge is -2.27.